The molecule has 3 heterocycles. The molecule has 0 spiro atoms. The molecule has 11 heteroatoms. The van der Waals surface area contributed by atoms with Crippen LogP contribution in [0.1, 0.15) is 23.2 Å². The van der Waals surface area contributed by atoms with Gasteiger partial charge in [0, 0.05) is 44.9 Å². The second-order valence-corrected chi connectivity index (χ2v) is 11.0. The van der Waals surface area contributed by atoms with Gasteiger partial charge in [0.25, 0.3) is 5.91 Å². The summed E-state index contributed by atoms with van der Waals surface area (Å²) in [5.74, 6) is 0.882. The largest absolute Gasteiger partial charge is 0.454 e. The molecule has 2 aliphatic rings. The number of sulfonamides is 1. The quantitative estimate of drug-likeness (QED) is 0.546. The van der Waals surface area contributed by atoms with Gasteiger partial charge in [-0.05, 0) is 37.1 Å². The third-order valence-electron chi connectivity index (χ3n) is 5.80. The van der Waals surface area contributed by atoms with Crippen molar-refractivity contribution < 1.29 is 27.4 Å². The Morgan fingerprint density at radius 1 is 1.21 bits per heavy atom. The van der Waals surface area contributed by atoms with E-state index >= 15 is 0 Å². The molecule has 1 fully saturated rings. The zero-order chi connectivity index (χ0) is 23.2. The van der Waals surface area contributed by atoms with Crippen LogP contribution in [0.25, 0.3) is 10.2 Å². The lowest BCUT2D eigenvalue weighted by molar-refractivity contribution is 0.0979. The van der Waals surface area contributed by atoms with Gasteiger partial charge in [-0.3, -0.25) is 4.79 Å². The number of aryl methyl sites for hydroxylation is 1. The molecular weight excluding hydrogens is 466 g/mol. The van der Waals surface area contributed by atoms with Gasteiger partial charge in [-0.15, -0.1) is 0 Å². The van der Waals surface area contributed by atoms with Crippen LogP contribution in [0.4, 0.5) is 0 Å². The van der Waals surface area contributed by atoms with Crippen LogP contribution in [0.15, 0.2) is 46.3 Å². The van der Waals surface area contributed by atoms with Gasteiger partial charge in [0.2, 0.25) is 16.8 Å². The van der Waals surface area contributed by atoms with Crippen LogP contribution >= 0.6 is 11.3 Å². The second kappa shape index (κ2) is 8.56. The number of thiazole rings is 1. The molecule has 33 heavy (non-hydrogen) atoms. The zero-order valence-electron chi connectivity index (χ0n) is 18.2. The summed E-state index contributed by atoms with van der Waals surface area (Å²) in [4.78, 5) is 17.7. The predicted molar refractivity (Wildman–Crippen MR) is 122 cm³/mol. The maximum atomic E-state index is 12.9. The first-order valence-electron chi connectivity index (χ1n) is 10.5. The van der Waals surface area contributed by atoms with Crippen molar-refractivity contribution in [2.45, 2.75) is 23.8 Å². The minimum Gasteiger partial charge on any atom is -0.454 e. The van der Waals surface area contributed by atoms with Crippen molar-refractivity contribution in [1.29, 1.82) is 0 Å². The lowest BCUT2D eigenvalue weighted by atomic mass is 10.2. The van der Waals surface area contributed by atoms with Gasteiger partial charge >= 0.3 is 0 Å². The molecule has 1 aromatic heterocycles. The number of aromatic nitrogens is 1. The Morgan fingerprint density at radius 3 is 2.64 bits per heavy atom. The molecule has 174 valence electrons. The van der Waals surface area contributed by atoms with E-state index in [9.17, 15) is 13.2 Å². The Morgan fingerprint density at radius 2 is 1.94 bits per heavy atom. The van der Waals surface area contributed by atoms with E-state index in [0.717, 1.165) is 23.1 Å². The summed E-state index contributed by atoms with van der Waals surface area (Å²) in [5.41, 5.74) is 1.19. The van der Waals surface area contributed by atoms with Crippen LogP contribution in [0, 0.1) is 0 Å². The third-order valence-corrected chi connectivity index (χ3v) is 8.73. The first kappa shape index (κ1) is 22.1. The van der Waals surface area contributed by atoms with Gasteiger partial charge in [-0.1, -0.05) is 11.3 Å². The summed E-state index contributed by atoms with van der Waals surface area (Å²) in [6.07, 6.45) is 1.72. The number of carbonyl (C=O) groups excluding carboxylic acids is 1. The van der Waals surface area contributed by atoms with Crippen molar-refractivity contribution in [3.63, 3.8) is 0 Å². The lowest BCUT2D eigenvalue weighted by Gasteiger charge is -2.20. The van der Waals surface area contributed by atoms with E-state index < -0.39 is 15.9 Å². The molecule has 0 radical (unpaired) electrons. The fourth-order valence-corrected chi connectivity index (χ4v) is 6.13. The smallest absolute Gasteiger partial charge is 0.279 e. The number of amides is 1. The average molecular weight is 490 g/mol. The second-order valence-electron chi connectivity index (χ2n) is 7.98. The van der Waals surface area contributed by atoms with Crippen molar-refractivity contribution in [3.05, 3.63) is 46.8 Å². The molecule has 0 aliphatic carbocycles. The normalized spacial score (nSPS) is 18.5. The summed E-state index contributed by atoms with van der Waals surface area (Å²) in [5, 5.41) is 0. The number of benzene rings is 2. The number of fused-ring (bicyclic) bond motifs is 2. The van der Waals surface area contributed by atoms with Gasteiger partial charge in [0.05, 0.1) is 21.2 Å². The zero-order valence-corrected chi connectivity index (χ0v) is 19.8. The van der Waals surface area contributed by atoms with E-state index in [1.54, 1.807) is 7.05 Å². The van der Waals surface area contributed by atoms with E-state index in [1.165, 1.54) is 39.9 Å². The van der Waals surface area contributed by atoms with Crippen molar-refractivity contribution in [2.75, 3.05) is 27.0 Å². The molecule has 1 atom stereocenters. The fraction of sp³-hybridized carbons (Fsp3) is 0.364. The van der Waals surface area contributed by atoms with Crippen LogP contribution in [-0.4, -0.2) is 56.3 Å². The highest BCUT2D eigenvalue weighted by atomic mass is 32.2. The number of carbonyl (C=O) groups is 1. The SMILES string of the molecule is CN(CC1CCCO1)S(=O)(=O)c1ccc(C(=O)N=c2sc3cc4c(cc3n2C)OCO4)cc1. The molecule has 0 bridgehead atoms. The highest BCUT2D eigenvalue weighted by Crippen LogP contribution is 2.36. The van der Waals surface area contributed by atoms with E-state index in [1.807, 2.05) is 23.7 Å². The molecule has 3 aromatic rings. The van der Waals surface area contributed by atoms with Gasteiger partial charge in [0.15, 0.2) is 16.3 Å². The fourth-order valence-electron chi connectivity index (χ4n) is 3.90. The Labute approximate surface area is 194 Å². The first-order valence-corrected chi connectivity index (χ1v) is 12.7. The summed E-state index contributed by atoms with van der Waals surface area (Å²) in [7, 11) is -0.305. The van der Waals surface area contributed by atoms with Crippen LogP contribution in [-0.2, 0) is 21.8 Å². The molecule has 1 unspecified atom stereocenters. The highest BCUT2D eigenvalue weighted by Gasteiger charge is 2.26. The number of ether oxygens (including phenoxy) is 3. The standard InChI is InChI=1S/C22H23N3O6S2/c1-24(12-15-4-3-9-29-15)33(27,28)16-7-5-14(6-8-16)21(26)23-22-25(2)17-10-18-19(31-13-30-18)11-20(17)32-22/h5-8,10-11,15H,3-4,9,12-13H2,1-2H3. The number of hydrogen-bond donors (Lipinski definition) is 0. The molecule has 0 saturated carbocycles. The average Bonchev–Trinajstić information content (AvgIpc) is 3.54. The Balaban J connectivity index is 1.37. The Hall–Kier alpha value is -2.73. The van der Waals surface area contributed by atoms with Crippen molar-refractivity contribution >= 4 is 37.5 Å². The first-order chi connectivity index (χ1) is 15.8. The minimum absolute atomic E-state index is 0.0780. The number of likely N-dealkylation sites (N-methyl/N-ethyl adjacent to an activating group) is 1. The van der Waals surface area contributed by atoms with E-state index in [0.29, 0.717) is 35.0 Å². The van der Waals surface area contributed by atoms with E-state index in [2.05, 4.69) is 4.99 Å². The van der Waals surface area contributed by atoms with Crippen LogP contribution < -0.4 is 14.3 Å². The maximum absolute atomic E-state index is 12.9. The monoisotopic (exact) mass is 489 g/mol. The maximum Gasteiger partial charge on any atom is 0.279 e. The molecule has 2 aromatic carbocycles. The molecule has 1 saturated heterocycles. The van der Waals surface area contributed by atoms with E-state index in [4.69, 9.17) is 14.2 Å². The topological polar surface area (TPSA) is 99.4 Å². The van der Waals surface area contributed by atoms with Crippen LogP contribution in [0.5, 0.6) is 11.5 Å². The summed E-state index contributed by atoms with van der Waals surface area (Å²) in [6.45, 7) is 1.17. The summed E-state index contributed by atoms with van der Waals surface area (Å²) >= 11 is 1.36. The number of nitrogens with zero attached hydrogens (tertiary/aromatic N) is 3. The molecule has 5 rings (SSSR count). The molecular formula is C22H23N3O6S2. The lowest BCUT2D eigenvalue weighted by Crippen LogP contribution is -2.34. The third kappa shape index (κ3) is 4.17. The summed E-state index contributed by atoms with van der Waals surface area (Å²) in [6, 6.07) is 9.59. The van der Waals surface area contributed by atoms with Crippen molar-refractivity contribution in [1.82, 2.24) is 8.87 Å². The molecule has 9 nitrogen and oxygen atoms in total. The Kier molecular flexibility index (Phi) is 5.73. The number of hydrogen-bond acceptors (Lipinski definition) is 7. The van der Waals surface area contributed by atoms with Gasteiger partial charge < -0.3 is 18.8 Å². The van der Waals surface area contributed by atoms with Crippen molar-refractivity contribution in [2.24, 2.45) is 12.0 Å². The molecule has 1 amide bonds. The van der Waals surface area contributed by atoms with Crippen LogP contribution in [0.2, 0.25) is 0 Å². The van der Waals surface area contributed by atoms with Gasteiger partial charge in [-0.2, -0.15) is 9.30 Å². The number of rotatable bonds is 5. The highest BCUT2D eigenvalue weighted by molar-refractivity contribution is 7.89. The molecule has 2 aliphatic heterocycles. The predicted octanol–water partition coefficient (Wildman–Crippen LogP) is 2.51. The minimum atomic E-state index is -3.67. The summed E-state index contributed by atoms with van der Waals surface area (Å²) < 4.78 is 46.1. The van der Waals surface area contributed by atoms with Crippen molar-refractivity contribution in [3.8, 4) is 11.5 Å². The van der Waals surface area contributed by atoms with Gasteiger partial charge in [0.1, 0.15) is 0 Å². The Bertz CT molecular complexity index is 1390. The van der Waals surface area contributed by atoms with Gasteiger partial charge in [-0.25, -0.2) is 8.42 Å². The van der Waals surface area contributed by atoms with E-state index in [-0.39, 0.29) is 17.8 Å². The molecule has 0 N–H and O–H groups in total. The van der Waals surface area contributed by atoms with Crippen LogP contribution in [0.3, 0.4) is 0 Å².